The van der Waals surface area contributed by atoms with Crippen LogP contribution in [-0.4, -0.2) is 52.2 Å². The molecule has 0 radical (unpaired) electrons. The van der Waals surface area contributed by atoms with Gasteiger partial charge in [-0.1, -0.05) is 29.5 Å². The zero-order chi connectivity index (χ0) is 20.9. The van der Waals surface area contributed by atoms with Gasteiger partial charge in [0.25, 0.3) is 0 Å². The number of nitrogens with zero attached hydrogens (tertiary/aromatic N) is 4. The van der Waals surface area contributed by atoms with Gasteiger partial charge in [-0.2, -0.15) is 0 Å². The zero-order valence-electron chi connectivity index (χ0n) is 16.3. The predicted octanol–water partition coefficient (Wildman–Crippen LogP) is 3.14. The summed E-state index contributed by atoms with van der Waals surface area (Å²) in [4.78, 5) is 18.9. The van der Waals surface area contributed by atoms with Crippen LogP contribution in [0.3, 0.4) is 0 Å². The SMILES string of the molecule is Cc1nnc(Nc2cccc([C@H]3CN(CC(=O)Nc4ccccc4F)CCO3)n2)s1. The topological polar surface area (TPSA) is 92.3 Å². The smallest absolute Gasteiger partial charge is 0.238 e. The number of halogens is 1. The first-order valence-corrected chi connectivity index (χ1v) is 10.3. The van der Waals surface area contributed by atoms with Gasteiger partial charge in [-0.3, -0.25) is 9.69 Å². The average Bonchev–Trinajstić information content (AvgIpc) is 3.14. The molecule has 2 N–H and O–H groups in total. The second kappa shape index (κ2) is 9.24. The third-order valence-corrected chi connectivity index (χ3v) is 5.28. The van der Waals surface area contributed by atoms with Crippen molar-refractivity contribution in [2.24, 2.45) is 0 Å². The van der Waals surface area contributed by atoms with Crippen molar-refractivity contribution in [3.63, 3.8) is 0 Å². The van der Waals surface area contributed by atoms with Gasteiger partial charge in [0.2, 0.25) is 11.0 Å². The van der Waals surface area contributed by atoms with E-state index in [4.69, 9.17) is 4.74 Å². The van der Waals surface area contributed by atoms with Crippen LogP contribution in [0.15, 0.2) is 42.5 Å². The minimum Gasteiger partial charge on any atom is -0.369 e. The molecule has 1 amide bonds. The van der Waals surface area contributed by atoms with Crippen molar-refractivity contribution in [1.82, 2.24) is 20.1 Å². The Balaban J connectivity index is 1.37. The quantitative estimate of drug-likeness (QED) is 0.623. The third-order valence-electron chi connectivity index (χ3n) is 4.53. The number of aryl methyl sites for hydroxylation is 1. The van der Waals surface area contributed by atoms with E-state index in [-0.39, 0.29) is 24.2 Å². The Bertz CT molecular complexity index is 1030. The van der Waals surface area contributed by atoms with E-state index in [1.165, 1.54) is 23.5 Å². The fraction of sp³-hybridized carbons (Fsp3) is 0.300. The Hall–Kier alpha value is -2.95. The third kappa shape index (κ3) is 5.15. The average molecular weight is 428 g/mol. The van der Waals surface area contributed by atoms with Crippen LogP contribution in [-0.2, 0) is 9.53 Å². The highest BCUT2D eigenvalue weighted by molar-refractivity contribution is 7.15. The molecule has 3 aromatic rings. The predicted molar refractivity (Wildman–Crippen MR) is 112 cm³/mol. The fourth-order valence-corrected chi connectivity index (χ4v) is 3.74. The van der Waals surface area contributed by atoms with Gasteiger partial charge in [-0.05, 0) is 31.2 Å². The van der Waals surface area contributed by atoms with Crippen molar-refractivity contribution in [1.29, 1.82) is 0 Å². The number of nitrogens with one attached hydrogen (secondary N) is 2. The molecule has 0 spiro atoms. The molecule has 1 aromatic carbocycles. The number of para-hydroxylation sites is 1. The summed E-state index contributed by atoms with van der Waals surface area (Å²) in [6.45, 7) is 3.64. The Morgan fingerprint density at radius 1 is 1.27 bits per heavy atom. The van der Waals surface area contributed by atoms with Crippen molar-refractivity contribution >= 4 is 33.9 Å². The lowest BCUT2D eigenvalue weighted by molar-refractivity contribution is -0.119. The number of pyridine rings is 1. The summed E-state index contributed by atoms with van der Waals surface area (Å²) < 4.78 is 19.6. The summed E-state index contributed by atoms with van der Waals surface area (Å²) in [5.41, 5.74) is 0.945. The fourth-order valence-electron chi connectivity index (χ4n) is 3.14. The number of hydrogen-bond acceptors (Lipinski definition) is 8. The van der Waals surface area contributed by atoms with E-state index in [1.807, 2.05) is 30.0 Å². The van der Waals surface area contributed by atoms with Gasteiger partial charge in [0, 0.05) is 13.1 Å². The number of hydrogen-bond donors (Lipinski definition) is 2. The second-order valence-electron chi connectivity index (χ2n) is 6.82. The Morgan fingerprint density at radius 2 is 2.13 bits per heavy atom. The van der Waals surface area contributed by atoms with Crippen LogP contribution in [0.1, 0.15) is 16.8 Å². The molecule has 30 heavy (non-hydrogen) atoms. The summed E-state index contributed by atoms with van der Waals surface area (Å²) >= 11 is 1.45. The maximum atomic E-state index is 13.7. The molecule has 0 aliphatic carbocycles. The van der Waals surface area contributed by atoms with Crippen molar-refractivity contribution < 1.29 is 13.9 Å². The van der Waals surface area contributed by atoms with Gasteiger partial charge >= 0.3 is 0 Å². The molecule has 8 nitrogen and oxygen atoms in total. The Kier molecular flexibility index (Phi) is 6.26. The van der Waals surface area contributed by atoms with Crippen LogP contribution in [0.5, 0.6) is 0 Å². The minimum atomic E-state index is -0.454. The maximum Gasteiger partial charge on any atom is 0.238 e. The van der Waals surface area contributed by atoms with E-state index < -0.39 is 5.82 Å². The van der Waals surface area contributed by atoms with Crippen LogP contribution >= 0.6 is 11.3 Å². The van der Waals surface area contributed by atoms with Gasteiger partial charge in [0.1, 0.15) is 22.7 Å². The number of anilines is 3. The van der Waals surface area contributed by atoms with E-state index in [0.29, 0.717) is 30.6 Å². The van der Waals surface area contributed by atoms with Crippen molar-refractivity contribution in [2.75, 3.05) is 36.9 Å². The van der Waals surface area contributed by atoms with E-state index in [0.717, 1.165) is 10.7 Å². The molecule has 156 valence electrons. The maximum absolute atomic E-state index is 13.7. The largest absolute Gasteiger partial charge is 0.369 e. The molecule has 1 fully saturated rings. The lowest BCUT2D eigenvalue weighted by atomic mass is 10.2. The highest BCUT2D eigenvalue weighted by Gasteiger charge is 2.25. The summed E-state index contributed by atoms with van der Waals surface area (Å²) in [5.74, 6) is -0.0673. The Labute approximate surface area is 177 Å². The van der Waals surface area contributed by atoms with Crippen LogP contribution in [0.25, 0.3) is 0 Å². The van der Waals surface area contributed by atoms with E-state index in [9.17, 15) is 9.18 Å². The highest BCUT2D eigenvalue weighted by Crippen LogP contribution is 2.24. The summed E-state index contributed by atoms with van der Waals surface area (Å²) in [6.07, 6.45) is -0.266. The Morgan fingerprint density at radius 3 is 2.93 bits per heavy atom. The number of ether oxygens (including phenoxy) is 1. The van der Waals surface area contributed by atoms with Gasteiger partial charge in [0.15, 0.2) is 0 Å². The van der Waals surface area contributed by atoms with Crippen molar-refractivity contribution in [3.8, 4) is 0 Å². The molecule has 1 saturated heterocycles. The second-order valence-corrected chi connectivity index (χ2v) is 8.00. The number of benzene rings is 1. The molecular formula is C20H21FN6O2S. The molecule has 3 heterocycles. The molecule has 2 aromatic heterocycles. The number of aromatic nitrogens is 3. The van der Waals surface area contributed by atoms with Crippen LogP contribution < -0.4 is 10.6 Å². The van der Waals surface area contributed by atoms with Crippen LogP contribution in [0.4, 0.5) is 21.0 Å². The first-order chi connectivity index (χ1) is 14.6. The standard InChI is InChI=1S/C20H21FN6O2S/c1-13-25-26-20(30-13)24-18-8-4-7-16(22-18)17-11-27(9-10-29-17)12-19(28)23-15-6-3-2-5-14(15)21/h2-8,17H,9-12H2,1H3,(H,23,28)(H,22,24,26)/t17-/m1/s1. The monoisotopic (exact) mass is 428 g/mol. The molecule has 4 rings (SSSR count). The van der Waals surface area contributed by atoms with Crippen molar-refractivity contribution in [3.05, 3.63) is 59.0 Å². The minimum absolute atomic E-state index is 0.149. The molecular weight excluding hydrogens is 407 g/mol. The number of rotatable bonds is 6. The first-order valence-electron chi connectivity index (χ1n) is 9.49. The lowest BCUT2D eigenvalue weighted by Gasteiger charge is -2.32. The molecule has 0 unspecified atom stereocenters. The van der Waals surface area contributed by atoms with E-state index in [2.05, 4.69) is 25.8 Å². The molecule has 0 bridgehead atoms. The zero-order valence-corrected chi connectivity index (χ0v) is 17.2. The summed E-state index contributed by atoms with van der Waals surface area (Å²) in [5, 5.41) is 15.3. The number of carbonyl (C=O) groups excluding carboxylic acids is 1. The van der Waals surface area contributed by atoms with E-state index >= 15 is 0 Å². The molecule has 0 saturated carbocycles. The van der Waals surface area contributed by atoms with Crippen LogP contribution in [0, 0.1) is 12.7 Å². The van der Waals surface area contributed by atoms with E-state index in [1.54, 1.807) is 12.1 Å². The number of amides is 1. The first kappa shape index (κ1) is 20.3. The van der Waals surface area contributed by atoms with Crippen molar-refractivity contribution in [2.45, 2.75) is 13.0 Å². The van der Waals surface area contributed by atoms with Gasteiger partial charge in [0.05, 0.1) is 24.5 Å². The summed E-state index contributed by atoms with van der Waals surface area (Å²) in [6, 6.07) is 11.8. The van der Waals surface area contributed by atoms with Gasteiger partial charge < -0.3 is 15.4 Å². The normalized spacial score (nSPS) is 16.9. The molecule has 1 aliphatic rings. The highest BCUT2D eigenvalue weighted by atomic mass is 32.1. The molecule has 1 aliphatic heterocycles. The van der Waals surface area contributed by atoms with Gasteiger partial charge in [-0.15, -0.1) is 10.2 Å². The van der Waals surface area contributed by atoms with Crippen LogP contribution in [0.2, 0.25) is 0 Å². The molecule has 1 atom stereocenters. The molecule has 10 heteroatoms. The van der Waals surface area contributed by atoms with Gasteiger partial charge in [-0.25, -0.2) is 9.37 Å². The lowest BCUT2D eigenvalue weighted by Crippen LogP contribution is -2.42. The number of morpholine rings is 1. The number of carbonyl (C=O) groups is 1. The summed E-state index contributed by atoms with van der Waals surface area (Å²) in [7, 11) is 0.